The Bertz CT molecular complexity index is 685. The molecule has 1 saturated heterocycles. The summed E-state index contributed by atoms with van der Waals surface area (Å²) < 4.78 is 0. The molecule has 0 radical (unpaired) electrons. The molecule has 2 aromatic rings. The van der Waals surface area contributed by atoms with Crippen molar-refractivity contribution >= 4 is 22.6 Å². The molecule has 5 nitrogen and oxygen atoms in total. The molecule has 1 aliphatic heterocycles. The number of carbonyl (C=O) groups excluding carboxylic acids is 1. The number of pyridine rings is 1. The predicted molar refractivity (Wildman–Crippen MR) is 87.1 cm³/mol. The van der Waals surface area contributed by atoms with Crippen LogP contribution in [0.1, 0.15) is 12.8 Å². The van der Waals surface area contributed by atoms with Crippen molar-refractivity contribution in [2.75, 3.05) is 31.1 Å². The number of hydrogen-bond donors (Lipinski definition) is 1. The number of anilines is 1. The molecule has 22 heavy (non-hydrogen) atoms. The van der Waals surface area contributed by atoms with E-state index >= 15 is 0 Å². The van der Waals surface area contributed by atoms with Gasteiger partial charge in [-0.15, -0.1) is 0 Å². The largest absolute Gasteiger partial charge is 0.366 e. The van der Waals surface area contributed by atoms with Crippen molar-refractivity contribution in [3.8, 4) is 0 Å². The van der Waals surface area contributed by atoms with Crippen molar-refractivity contribution in [2.24, 2.45) is 0 Å². The van der Waals surface area contributed by atoms with Crippen LogP contribution < -0.4 is 10.2 Å². The van der Waals surface area contributed by atoms with E-state index in [0.717, 1.165) is 49.9 Å². The van der Waals surface area contributed by atoms with Gasteiger partial charge in [-0.05, 0) is 25.0 Å². The standard InChI is InChI=1S/C17H20N4O/c22-17(19-14-6-7-14)21-11-9-20(10-12-21)15-5-1-3-13-4-2-8-18-16(13)15/h1-5,8,14H,6-7,9-12H2,(H,19,22). The SMILES string of the molecule is O=C(NC1CC1)N1CCN(c2cccc3cccnc23)CC1. The Labute approximate surface area is 129 Å². The van der Waals surface area contributed by atoms with Gasteiger partial charge in [-0.25, -0.2) is 4.79 Å². The molecule has 0 spiro atoms. The summed E-state index contributed by atoms with van der Waals surface area (Å²) in [5.41, 5.74) is 2.21. The van der Waals surface area contributed by atoms with Gasteiger partial charge in [0.15, 0.2) is 0 Å². The minimum atomic E-state index is 0.0956. The molecule has 1 aliphatic carbocycles. The molecule has 2 fully saturated rings. The Hall–Kier alpha value is -2.30. The molecule has 0 bridgehead atoms. The van der Waals surface area contributed by atoms with Crippen LogP contribution >= 0.6 is 0 Å². The van der Waals surface area contributed by atoms with E-state index < -0.39 is 0 Å². The van der Waals surface area contributed by atoms with Gasteiger partial charge in [-0.3, -0.25) is 4.98 Å². The summed E-state index contributed by atoms with van der Waals surface area (Å²) in [6.07, 6.45) is 4.10. The quantitative estimate of drug-likeness (QED) is 0.924. The van der Waals surface area contributed by atoms with E-state index in [-0.39, 0.29) is 6.03 Å². The lowest BCUT2D eigenvalue weighted by atomic mass is 10.1. The number of rotatable bonds is 2. The highest BCUT2D eigenvalue weighted by atomic mass is 16.2. The molecule has 0 unspecified atom stereocenters. The number of para-hydroxylation sites is 1. The number of fused-ring (bicyclic) bond motifs is 1. The lowest BCUT2D eigenvalue weighted by molar-refractivity contribution is 0.194. The smallest absolute Gasteiger partial charge is 0.317 e. The molecule has 1 aromatic carbocycles. The summed E-state index contributed by atoms with van der Waals surface area (Å²) in [4.78, 5) is 20.9. The molecule has 2 amide bonds. The van der Waals surface area contributed by atoms with E-state index in [1.807, 2.05) is 17.2 Å². The first-order valence-electron chi connectivity index (χ1n) is 7.95. The minimum Gasteiger partial charge on any atom is -0.366 e. The number of carbonyl (C=O) groups is 1. The fourth-order valence-electron chi connectivity index (χ4n) is 2.99. The van der Waals surface area contributed by atoms with Crippen molar-refractivity contribution < 1.29 is 4.79 Å². The molecule has 1 saturated carbocycles. The highest BCUT2D eigenvalue weighted by molar-refractivity contribution is 5.90. The number of benzene rings is 1. The molecular formula is C17H20N4O. The molecule has 5 heteroatoms. The summed E-state index contributed by atoms with van der Waals surface area (Å²) in [5.74, 6) is 0. The van der Waals surface area contributed by atoms with E-state index in [2.05, 4.69) is 39.5 Å². The van der Waals surface area contributed by atoms with Crippen molar-refractivity contribution in [1.29, 1.82) is 0 Å². The first kappa shape index (κ1) is 13.4. The van der Waals surface area contributed by atoms with Gasteiger partial charge in [-0.2, -0.15) is 0 Å². The number of amides is 2. The monoisotopic (exact) mass is 296 g/mol. The predicted octanol–water partition coefficient (Wildman–Crippen LogP) is 2.23. The number of aromatic nitrogens is 1. The molecule has 2 heterocycles. The van der Waals surface area contributed by atoms with Crippen LogP contribution in [0, 0.1) is 0 Å². The Morgan fingerprint density at radius 2 is 1.86 bits per heavy atom. The molecule has 1 aromatic heterocycles. The first-order valence-corrected chi connectivity index (χ1v) is 7.95. The van der Waals surface area contributed by atoms with Gasteiger partial charge in [0.25, 0.3) is 0 Å². The van der Waals surface area contributed by atoms with Crippen molar-refractivity contribution in [3.05, 3.63) is 36.5 Å². The zero-order valence-corrected chi connectivity index (χ0v) is 12.5. The van der Waals surface area contributed by atoms with Gasteiger partial charge in [0.2, 0.25) is 0 Å². The Morgan fingerprint density at radius 1 is 1.09 bits per heavy atom. The van der Waals surface area contributed by atoms with Gasteiger partial charge >= 0.3 is 6.03 Å². The molecule has 4 rings (SSSR count). The summed E-state index contributed by atoms with van der Waals surface area (Å²) >= 11 is 0. The van der Waals surface area contributed by atoms with Gasteiger partial charge in [0, 0.05) is 43.8 Å². The van der Waals surface area contributed by atoms with Crippen molar-refractivity contribution in [2.45, 2.75) is 18.9 Å². The van der Waals surface area contributed by atoms with Crippen LogP contribution in [0.3, 0.4) is 0 Å². The van der Waals surface area contributed by atoms with Gasteiger partial charge in [0.1, 0.15) is 0 Å². The fraction of sp³-hybridized carbons (Fsp3) is 0.412. The maximum atomic E-state index is 12.1. The van der Waals surface area contributed by atoms with Gasteiger partial charge in [0.05, 0.1) is 11.2 Å². The van der Waals surface area contributed by atoms with Crippen LogP contribution in [-0.2, 0) is 0 Å². The first-order chi connectivity index (χ1) is 10.8. The maximum Gasteiger partial charge on any atom is 0.317 e. The average Bonchev–Trinajstić information content (AvgIpc) is 3.38. The number of nitrogens with one attached hydrogen (secondary N) is 1. The van der Waals surface area contributed by atoms with Crippen LogP contribution in [0.5, 0.6) is 0 Å². The number of nitrogens with zero attached hydrogens (tertiary/aromatic N) is 3. The second-order valence-electron chi connectivity index (χ2n) is 6.05. The van der Waals surface area contributed by atoms with Crippen LogP contribution in [0.4, 0.5) is 10.5 Å². The minimum absolute atomic E-state index is 0.0956. The number of urea groups is 1. The van der Waals surface area contributed by atoms with Crippen LogP contribution in [0.25, 0.3) is 10.9 Å². The normalized spacial score (nSPS) is 18.5. The third-order valence-corrected chi connectivity index (χ3v) is 4.42. The summed E-state index contributed by atoms with van der Waals surface area (Å²) in [5, 5.41) is 4.22. The molecule has 2 aliphatic rings. The third-order valence-electron chi connectivity index (χ3n) is 4.42. The molecule has 1 N–H and O–H groups in total. The highest BCUT2D eigenvalue weighted by Crippen LogP contribution is 2.26. The zero-order chi connectivity index (χ0) is 14.9. The molecular weight excluding hydrogens is 276 g/mol. The summed E-state index contributed by atoms with van der Waals surface area (Å²) in [6.45, 7) is 3.24. The highest BCUT2D eigenvalue weighted by Gasteiger charge is 2.28. The fourth-order valence-corrected chi connectivity index (χ4v) is 2.99. The topological polar surface area (TPSA) is 48.5 Å². The van der Waals surface area contributed by atoms with Gasteiger partial charge in [-0.1, -0.05) is 18.2 Å². The molecule has 114 valence electrons. The van der Waals surface area contributed by atoms with E-state index in [9.17, 15) is 4.79 Å². The van der Waals surface area contributed by atoms with E-state index in [1.165, 1.54) is 5.69 Å². The van der Waals surface area contributed by atoms with Crippen LogP contribution in [0.2, 0.25) is 0 Å². The lowest BCUT2D eigenvalue weighted by Gasteiger charge is -2.36. The van der Waals surface area contributed by atoms with Crippen molar-refractivity contribution in [1.82, 2.24) is 15.2 Å². The van der Waals surface area contributed by atoms with E-state index in [1.54, 1.807) is 0 Å². The summed E-state index contributed by atoms with van der Waals surface area (Å²) in [7, 11) is 0. The number of hydrogen-bond acceptors (Lipinski definition) is 3. The number of piperazine rings is 1. The van der Waals surface area contributed by atoms with Crippen molar-refractivity contribution in [3.63, 3.8) is 0 Å². The second-order valence-corrected chi connectivity index (χ2v) is 6.05. The average molecular weight is 296 g/mol. The summed E-state index contributed by atoms with van der Waals surface area (Å²) in [6, 6.07) is 10.9. The zero-order valence-electron chi connectivity index (χ0n) is 12.5. The Morgan fingerprint density at radius 3 is 2.64 bits per heavy atom. The van der Waals surface area contributed by atoms with E-state index in [0.29, 0.717) is 6.04 Å². The van der Waals surface area contributed by atoms with Crippen LogP contribution in [-0.4, -0.2) is 48.1 Å². The maximum absolute atomic E-state index is 12.1. The third kappa shape index (κ3) is 2.58. The Kier molecular flexibility index (Phi) is 3.33. The van der Waals surface area contributed by atoms with Crippen LogP contribution in [0.15, 0.2) is 36.5 Å². The van der Waals surface area contributed by atoms with E-state index in [4.69, 9.17) is 0 Å². The lowest BCUT2D eigenvalue weighted by Crippen LogP contribution is -2.52. The second kappa shape index (κ2) is 5.48. The molecule has 0 atom stereocenters. The van der Waals surface area contributed by atoms with Gasteiger partial charge < -0.3 is 15.1 Å². The Balaban J connectivity index is 1.47.